The van der Waals surface area contributed by atoms with Gasteiger partial charge in [-0.1, -0.05) is 31.2 Å². The van der Waals surface area contributed by atoms with Crippen LogP contribution in [0.1, 0.15) is 37.3 Å². The lowest BCUT2D eigenvalue weighted by Gasteiger charge is -2.18. The van der Waals surface area contributed by atoms with E-state index < -0.39 is 0 Å². The number of hydrogen-bond acceptors (Lipinski definition) is 4. The molecule has 0 saturated carbocycles. The summed E-state index contributed by atoms with van der Waals surface area (Å²) in [5, 5.41) is 8.12. The summed E-state index contributed by atoms with van der Waals surface area (Å²) >= 11 is 0. The summed E-state index contributed by atoms with van der Waals surface area (Å²) in [6.45, 7) is 4.01. The van der Waals surface area contributed by atoms with Crippen molar-refractivity contribution < 1.29 is 0 Å². The summed E-state index contributed by atoms with van der Waals surface area (Å²) < 4.78 is 0. The number of aliphatic imine (C=N–C) groups is 1. The van der Waals surface area contributed by atoms with E-state index in [1.807, 2.05) is 18.5 Å². The minimum absolute atomic E-state index is 0.902. The summed E-state index contributed by atoms with van der Waals surface area (Å²) in [6.07, 6.45) is 7.03. The molecular weight excluding hydrogens is 327 g/mol. The van der Waals surface area contributed by atoms with Gasteiger partial charge in [-0.2, -0.15) is 0 Å². The maximum absolute atomic E-state index is 4.78. The molecule has 0 bridgehead atoms. The second-order valence-electron chi connectivity index (χ2n) is 6.08. The maximum atomic E-state index is 4.78. The molecule has 1 atom stereocenters. The Hall–Kier alpha value is -2.19. The van der Waals surface area contributed by atoms with E-state index in [-0.39, 0.29) is 0 Å². The van der Waals surface area contributed by atoms with E-state index in [0.29, 0.717) is 0 Å². The minimum atomic E-state index is 0.902. The summed E-state index contributed by atoms with van der Waals surface area (Å²) in [4.78, 5) is 9.20. The molecule has 0 saturated heterocycles. The SMILES string of the molecule is CCCNc1cc(/C2=C(\c3ccc(P)cc3)N=CCCCN2)ccn1. The zero-order chi connectivity index (χ0) is 17.5. The molecule has 2 aromatic rings. The van der Waals surface area contributed by atoms with E-state index in [2.05, 4.69) is 62.1 Å². The van der Waals surface area contributed by atoms with Crippen LogP contribution in [0.4, 0.5) is 5.82 Å². The van der Waals surface area contributed by atoms with Gasteiger partial charge in [-0.05, 0) is 36.7 Å². The third-order valence-corrected chi connectivity index (χ3v) is 4.44. The van der Waals surface area contributed by atoms with E-state index in [0.717, 1.165) is 60.7 Å². The van der Waals surface area contributed by atoms with Crippen molar-refractivity contribution in [2.45, 2.75) is 26.2 Å². The van der Waals surface area contributed by atoms with Crippen LogP contribution < -0.4 is 15.9 Å². The molecule has 1 aromatic heterocycles. The van der Waals surface area contributed by atoms with Gasteiger partial charge in [-0.25, -0.2) is 4.98 Å². The second kappa shape index (κ2) is 8.77. The Morgan fingerprint density at radius 1 is 1.16 bits per heavy atom. The number of pyridine rings is 1. The van der Waals surface area contributed by atoms with E-state index in [1.54, 1.807) is 0 Å². The number of anilines is 1. The van der Waals surface area contributed by atoms with Crippen molar-refractivity contribution >= 4 is 38.0 Å². The lowest BCUT2D eigenvalue weighted by molar-refractivity contribution is 0.791. The average molecular weight is 352 g/mol. The molecule has 0 spiro atoms. The van der Waals surface area contributed by atoms with Crippen LogP contribution in [0.5, 0.6) is 0 Å². The Bertz CT molecular complexity index is 766. The van der Waals surface area contributed by atoms with Crippen molar-refractivity contribution in [1.82, 2.24) is 10.3 Å². The second-order valence-corrected chi connectivity index (χ2v) is 6.75. The predicted octanol–water partition coefficient (Wildman–Crippen LogP) is 3.68. The van der Waals surface area contributed by atoms with Crippen LogP contribution >= 0.6 is 9.24 Å². The zero-order valence-electron chi connectivity index (χ0n) is 14.6. The molecule has 0 aliphatic carbocycles. The van der Waals surface area contributed by atoms with Crippen molar-refractivity contribution in [2.24, 2.45) is 4.99 Å². The van der Waals surface area contributed by atoms with E-state index in [1.165, 1.54) is 5.30 Å². The molecule has 0 fully saturated rings. The third kappa shape index (κ3) is 4.67. The van der Waals surface area contributed by atoms with Crippen molar-refractivity contribution in [3.05, 3.63) is 53.7 Å². The van der Waals surface area contributed by atoms with Gasteiger partial charge in [0.2, 0.25) is 0 Å². The van der Waals surface area contributed by atoms with Crippen molar-refractivity contribution in [1.29, 1.82) is 0 Å². The van der Waals surface area contributed by atoms with E-state index >= 15 is 0 Å². The van der Waals surface area contributed by atoms with Gasteiger partial charge in [-0.15, -0.1) is 9.24 Å². The number of nitrogens with zero attached hydrogens (tertiary/aromatic N) is 2. The molecule has 1 aromatic carbocycles. The van der Waals surface area contributed by atoms with Gasteiger partial charge >= 0.3 is 0 Å². The first kappa shape index (κ1) is 17.6. The maximum Gasteiger partial charge on any atom is 0.126 e. The third-order valence-electron chi connectivity index (χ3n) is 4.06. The van der Waals surface area contributed by atoms with Gasteiger partial charge in [0.1, 0.15) is 5.82 Å². The highest BCUT2D eigenvalue weighted by Crippen LogP contribution is 2.27. The normalized spacial score (nSPS) is 17.5. The Balaban J connectivity index is 2.05. The molecule has 3 rings (SSSR count). The summed E-state index contributed by atoms with van der Waals surface area (Å²) in [6, 6.07) is 12.6. The molecule has 0 amide bonds. The minimum Gasteiger partial charge on any atom is -0.383 e. The van der Waals surface area contributed by atoms with Crippen molar-refractivity contribution in [3.8, 4) is 0 Å². The molecular formula is C20H25N4P. The number of nitrogens with one attached hydrogen (secondary N) is 2. The Morgan fingerprint density at radius 3 is 2.80 bits per heavy atom. The molecule has 2 N–H and O–H groups in total. The standard InChI is InChI=1S/C20H25N4P/c1-2-10-21-18-14-16(9-13-22-18)20-19(23-11-3-4-12-24-20)15-5-7-17(25)8-6-15/h5-9,11,13-14,24H,2-4,10,12,25H2,1H3,(H,21,22)/b20-19-,23-11?. The molecule has 2 heterocycles. The first-order valence-corrected chi connectivity index (χ1v) is 9.42. The lowest BCUT2D eigenvalue weighted by Crippen LogP contribution is -2.17. The van der Waals surface area contributed by atoms with Crippen LogP contribution in [0.2, 0.25) is 0 Å². The quantitative estimate of drug-likeness (QED) is 0.807. The monoisotopic (exact) mass is 352 g/mol. The van der Waals surface area contributed by atoms with Gasteiger partial charge in [0, 0.05) is 36.6 Å². The number of hydrogen-bond donors (Lipinski definition) is 2. The smallest absolute Gasteiger partial charge is 0.126 e. The van der Waals surface area contributed by atoms with Crippen LogP contribution in [0.15, 0.2) is 47.6 Å². The van der Waals surface area contributed by atoms with Crippen LogP contribution in [0, 0.1) is 0 Å². The summed E-state index contributed by atoms with van der Waals surface area (Å²) in [5.41, 5.74) is 4.27. The van der Waals surface area contributed by atoms with Gasteiger partial charge in [0.05, 0.1) is 11.4 Å². The van der Waals surface area contributed by atoms with E-state index in [9.17, 15) is 0 Å². The largest absolute Gasteiger partial charge is 0.383 e. The first-order valence-electron chi connectivity index (χ1n) is 8.85. The summed E-state index contributed by atoms with van der Waals surface area (Å²) in [7, 11) is 2.73. The van der Waals surface area contributed by atoms with Crippen molar-refractivity contribution in [2.75, 3.05) is 18.4 Å². The van der Waals surface area contributed by atoms with Crippen LogP contribution in [-0.4, -0.2) is 24.3 Å². The number of benzene rings is 1. The van der Waals surface area contributed by atoms with Crippen LogP contribution in [0.3, 0.4) is 0 Å². The highest BCUT2D eigenvalue weighted by atomic mass is 31.0. The van der Waals surface area contributed by atoms with Crippen LogP contribution in [-0.2, 0) is 0 Å². The van der Waals surface area contributed by atoms with E-state index in [4.69, 9.17) is 4.99 Å². The first-order chi connectivity index (χ1) is 12.3. The fraction of sp³-hybridized carbons (Fsp3) is 0.300. The van der Waals surface area contributed by atoms with Gasteiger partial charge in [0.25, 0.3) is 0 Å². The molecule has 1 aliphatic rings. The Kier molecular flexibility index (Phi) is 6.19. The highest BCUT2D eigenvalue weighted by Gasteiger charge is 2.13. The van der Waals surface area contributed by atoms with Gasteiger partial charge in [-0.3, -0.25) is 4.99 Å². The molecule has 1 unspecified atom stereocenters. The van der Waals surface area contributed by atoms with Gasteiger partial charge < -0.3 is 10.6 Å². The highest BCUT2D eigenvalue weighted by molar-refractivity contribution is 7.27. The molecule has 130 valence electrons. The fourth-order valence-corrected chi connectivity index (χ4v) is 2.94. The Labute approximate surface area is 152 Å². The molecule has 1 aliphatic heterocycles. The lowest BCUT2D eigenvalue weighted by atomic mass is 10.0. The fourth-order valence-electron chi connectivity index (χ4n) is 2.75. The topological polar surface area (TPSA) is 49.3 Å². The molecule has 0 radical (unpaired) electrons. The Morgan fingerprint density at radius 2 is 2.00 bits per heavy atom. The average Bonchev–Trinajstić information content (AvgIpc) is 2.61. The number of rotatable bonds is 5. The zero-order valence-corrected chi connectivity index (χ0v) is 15.8. The molecule has 5 heteroatoms. The van der Waals surface area contributed by atoms with Crippen molar-refractivity contribution in [3.63, 3.8) is 0 Å². The molecule has 25 heavy (non-hydrogen) atoms. The predicted molar refractivity (Wildman–Crippen MR) is 111 cm³/mol. The van der Waals surface area contributed by atoms with Crippen LogP contribution in [0.25, 0.3) is 11.4 Å². The number of aromatic nitrogens is 1. The van der Waals surface area contributed by atoms with Gasteiger partial charge in [0.15, 0.2) is 0 Å². The molecule has 4 nitrogen and oxygen atoms in total. The summed E-state index contributed by atoms with van der Waals surface area (Å²) in [5.74, 6) is 0.902.